The molecule has 0 unspecified atom stereocenters. The second kappa shape index (κ2) is 7.05. The molecule has 112 valence electrons. The standard InChI is InChI=1S/C15H22BrNO2S/c1-13-7-9-15(10-8-13)20(18,19)17(12-11-16)14-5-3-2-4-6-14/h7-10,14H,2-6,11-12H2,1H3. The van der Waals surface area contributed by atoms with Crippen molar-refractivity contribution in [3.63, 3.8) is 0 Å². The van der Waals surface area contributed by atoms with E-state index in [9.17, 15) is 8.42 Å². The monoisotopic (exact) mass is 359 g/mol. The van der Waals surface area contributed by atoms with Crippen molar-refractivity contribution >= 4 is 26.0 Å². The Kier molecular flexibility index (Phi) is 5.64. The third kappa shape index (κ3) is 3.62. The summed E-state index contributed by atoms with van der Waals surface area (Å²) in [6, 6.07) is 7.32. The summed E-state index contributed by atoms with van der Waals surface area (Å²) in [5, 5.41) is 0.675. The normalized spacial score (nSPS) is 17.6. The van der Waals surface area contributed by atoms with Gasteiger partial charge in [-0.1, -0.05) is 52.9 Å². The van der Waals surface area contributed by atoms with E-state index in [1.807, 2.05) is 19.1 Å². The van der Waals surface area contributed by atoms with Gasteiger partial charge in [0.1, 0.15) is 0 Å². The molecule has 0 atom stereocenters. The van der Waals surface area contributed by atoms with Crippen LogP contribution in [0.3, 0.4) is 0 Å². The zero-order valence-electron chi connectivity index (χ0n) is 11.9. The zero-order valence-corrected chi connectivity index (χ0v) is 14.3. The van der Waals surface area contributed by atoms with Gasteiger partial charge in [-0.05, 0) is 31.9 Å². The largest absolute Gasteiger partial charge is 0.243 e. The molecule has 0 radical (unpaired) electrons. The van der Waals surface area contributed by atoms with Gasteiger partial charge < -0.3 is 0 Å². The molecule has 3 nitrogen and oxygen atoms in total. The van der Waals surface area contributed by atoms with E-state index in [1.54, 1.807) is 16.4 Å². The first-order valence-electron chi connectivity index (χ1n) is 7.20. The van der Waals surface area contributed by atoms with E-state index in [2.05, 4.69) is 15.9 Å². The molecule has 20 heavy (non-hydrogen) atoms. The fourth-order valence-corrected chi connectivity index (χ4v) is 5.10. The quantitative estimate of drug-likeness (QED) is 0.751. The van der Waals surface area contributed by atoms with E-state index in [-0.39, 0.29) is 6.04 Å². The lowest BCUT2D eigenvalue weighted by Crippen LogP contribution is -2.42. The summed E-state index contributed by atoms with van der Waals surface area (Å²) in [6.07, 6.45) is 5.46. The lowest BCUT2D eigenvalue weighted by atomic mass is 9.95. The van der Waals surface area contributed by atoms with Gasteiger partial charge in [0, 0.05) is 17.9 Å². The average molecular weight is 360 g/mol. The molecule has 2 rings (SSSR count). The highest BCUT2D eigenvalue weighted by molar-refractivity contribution is 9.09. The maximum absolute atomic E-state index is 12.8. The fraction of sp³-hybridized carbons (Fsp3) is 0.600. The highest BCUT2D eigenvalue weighted by Gasteiger charge is 2.31. The van der Waals surface area contributed by atoms with Crippen molar-refractivity contribution in [1.82, 2.24) is 4.31 Å². The Labute approximate surface area is 130 Å². The van der Waals surface area contributed by atoms with Crippen LogP contribution in [0.1, 0.15) is 37.7 Å². The topological polar surface area (TPSA) is 37.4 Å². The van der Waals surface area contributed by atoms with Crippen LogP contribution < -0.4 is 0 Å². The predicted octanol–water partition coefficient (Wildman–Crippen LogP) is 3.71. The van der Waals surface area contributed by atoms with E-state index >= 15 is 0 Å². The maximum atomic E-state index is 12.8. The minimum atomic E-state index is -3.38. The van der Waals surface area contributed by atoms with Crippen LogP contribution in [0.4, 0.5) is 0 Å². The molecule has 1 aromatic rings. The Balaban J connectivity index is 2.28. The number of rotatable bonds is 5. The van der Waals surface area contributed by atoms with Crippen LogP contribution in [0, 0.1) is 6.92 Å². The predicted molar refractivity (Wildman–Crippen MR) is 85.7 cm³/mol. The van der Waals surface area contributed by atoms with Crippen LogP contribution in [0.15, 0.2) is 29.2 Å². The minimum Gasteiger partial charge on any atom is -0.207 e. The van der Waals surface area contributed by atoms with Gasteiger partial charge in [-0.2, -0.15) is 4.31 Å². The van der Waals surface area contributed by atoms with Crippen molar-refractivity contribution in [3.8, 4) is 0 Å². The highest BCUT2D eigenvalue weighted by Crippen LogP contribution is 2.27. The Morgan fingerprint density at radius 1 is 1.15 bits per heavy atom. The summed E-state index contributed by atoms with van der Waals surface area (Å²) in [4.78, 5) is 0.412. The average Bonchev–Trinajstić information content (AvgIpc) is 2.46. The lowest BCUT2D eigenvalue weighted by Gasteiger charge is -2.33. The summed E-state index contributed by atoms with van der Waals surface area (Å²) in [5.41, 5.74) is 1.08. The van der Waals surface area contributed by atoms with Gasteiger partial charge in [-0.25, -0.2) is 8.42 Å². The summed E-state index contributed by atoms with van der Waals surface area (Å²) >= 11 is 3.39. The first-order valence-corrected chi connectivity index (χ1v) is 9.76. The van der Waals surface area contributed by atoms with Crippen molar-refractivity contribution in [2.24, 2.45) is 0 Å². The lowest BCUT2D eigenvalue weighted by molar-refractivity contribution is 0.263. The van der Waals surface area contributed by atoms with Crippen molar-refractivity contribution in [1.29, 1.82) is 0 Å². The number of halogens is 1. The first kappa shape index (κ1) is 16.0. The van der Waals surface area contributed by atoms with E-state index in [0.717, 1.165) is 31.2 Å². The van der Waals surface area contributed by atoms with Crippen LogP contribution >= 0.6 is 15.9 Å². The second-order valence-corrected chi connectivity index (χ2v) is 8.09. The van der Waals surface area contributed by atoms with Crippen molar-refractivity contribution < 1.29 is 8.42 Å². The van der Waals surface area contributed by atoms with Gasteiger partial charge in [0.15, 0.2) is 0 Å². The third-order valence-corrected chi connectivity index (χ3v) is 6.24. The van der Waals surface area contributed by atoms with Gasteiger partial charge in [0.2, 0.25) is 10.0 Å². The molecule has 0 spiro atoms. The molecule has 0 N–H and O–H groups in total. The number of benzene rings is 1. The Morgan fingerprint density at radius 2 is 1.75 bits per heavy atom. The van der Waals surface area contributed by atoms with Crippen LogP contribution in [0.25, 0.3) is 0 Å². The van der Waals surface area contributed by atoms with Gasteiger partial charge in [0.25, 0.3) is 0 Å². The Morgan fingerprint density at radius 3 is 2.30 bits per heavy atom. The molecule has 1 aliphatic rings. The second-order valence-electron chi connectivity index (χ2n) is 5.41. The van der Waals surface area contributed by atoms with Gasteiger partial charge in [-0.3, -0.25) is 0 Å². The number of nitrogens with zero attached hydrogens (tertiary/aromatic N) is 1. The zero-order chi connectivity index (χ0) is 14.6. The molecule has 0 aliphatic heterocycles. The van der Waals surface area contributed by atoms with E-state index in [1.165, 1.54) is 6.42 Å². The Hall–Kier alpha value is -0.390. The van der Waals surface area contributed by atoms with Crippen LogP contribution in [0.2, 0.25) is 0 Å². The number of sulfonamides is 1. The van der Waals surface area contributed by atoms with Gasteiger partial charge >= 0.3 is 0 Å². The van der Waals surface area contributed by atoms with Crippen LogP contribution in [-0.2, 0) is 10.0 Å². The molecule has 5 heteroatoms. The highest BCUT2D eigenvalue weighted by atomic mass is 79.9. The van der Waals surface area contributed by atoms with E-state index in [4.69, 9.17) is 0 Å². The molecule has 0 bridgehead atoms. The molecular weight excluding hydrogens is 338 g/mol. The third-order valence-electron chi connectivity index (χ3n) is 3.91. The van der Waals surface area contributed by atoms with Crippen LogP contribution in [0.5, 0.6) is 0 Å². The van der Waals surface area contributed by atoms with Crippen molar-refractivity contribution in [3.05, 3.63) is 29.8 Å². The minimum absolute atomic E-state index is 0.160. The number of hydrogen-bond donors (Lipinski definition) is 0. The molecule has 0 aromatic heterocycles. The van der Waals surface area contributed by atoms with Crippen molar-refractivity contribution in [2.45, 2.75) is 50.0 Å². The van der Waals surface area contributed by atoms with Gasteiger partial charge in [0.05, 0.1) is 4.90 Å². The maximum Gasteiger partial charge on any atom is 0.243 e. The molecular formula is C15H22BrNO2S. The summed E-state index contributed by atoms with van der Waals surface area (Å²) in [7, 11) is -3.38. The summed E-state index contributed by atoms with van der Waals surface area (Å²) in [6.45, 7) is 2.51. The first-order chi connectivity index (χ1) is 9.55. The summed E-state index contributed by atoms with van der Waals surface area (Å²) in [5.74, 6) is 0. The number of hydrogen-bond acceptors (Lipinski definition) is 2. The molecule has 0 amide bonds. The Bertz CT molecular complexity index is 521. The van der Waals surface area contributed by atoms with Crippen LogP contribution in [-0.4, -0.2) is 30.6 Å². The molecule has 0 heterocycles. The van der Waals surface area contributed by atoms with Crippen molar-refractivity contribution in [2.75, 3.05) is 11.9 Å². The smallest absolute Gasteiger partial charge is 0.207 e. The molecule has 1 aliphatic carbocycles. The number of aryl methyl sites for hydroxylation is 1. The number of alkyl halides is 1. The molecule has 1 fully saturated rings. The SMILES string of the molecule is Cc1ccc(S(=O)(=O)N(CCBr)C2CCCCC2)cc1. The molecule has 1 saturated carbocycles. The summed E-state index contributed by atoms with van der Waals surface area (Å²) < 4.78 is 27.4. The van der Waals surface area contributed by atoms with E-state index < -0.39 is 10.0 Å². The van der Waals surface area contributed by atoms with E-state index in [0.29, 0.717) is 16.8 Å². The van der Waals surface area contributed by atoms with Gasteiger partial charge in [-0.15, -0.1) is 0 Å². The molecule has 0 saturated heterocycles. The fourth-order valence-electron chi connectivity index (χ4n) is 2.80. The molecule has 1 aromatic carbocycles.